The standard InChI is InChI=1S/C24H24FN5O3/c1-15-7-8-17(14-19(15)25)23-28-21(33-29-23)10-9-20(31)27-22(24-26-11-12-30(24)2)16-5-4-6-18(13-16)32-3/h4-8,11-14,22H,9-10H2,1-3H3,(H,27,31). The number of aromatic nitrogens is 4. The molecule has 1 N–H and O–H groups in total. The van der Waals surface area contributed by atoms with Gasteiger partial charge in [0.2, 0.25) is 17.6 Å². The van der Waals surface area contributed by atoms with Crippen LogP contribution in [0.5, 0.6) is 5.75 Å². The first-order valence-corrected chi connectivity index (χ1v) is 10.4. The van der Waals surface area contributed by atoms with E-state index in [9.17, 15) is 9.18 Å². The van der Waals surface area contributed by atoms with E-state index < -0.39 is 6.04 Å². The first-order valence-electron chi connectivity index (χ1n) is 10.4. The number of carbonyl (C=O) groups is 1. The number of benzene rings is 2. The van der Waals surface area contributed by atoms with Crippen LogP contribution < -0.4 is 10.1 Å². The summed E-state index contributed by atoms with van der Waals surface area (Å²) in [4.78, 5) is 21.5. The van der Waals surface area contributed by atoms with E-state index >= 15 is 0 Å². The highest BCUT2D eigenvalue weighted by Crippen LogP contribution is 2.24. The fourth-order valence-electron chi connectivity index (χ4n) is 3.43. The number of nitrogens with zero attached hydrogens (tertiary/aromatic N) is 4. The fourth-order valence-corrected chi connectivity index (χ4v) is 3.43. The van der Waals surface area contributed by atoms with Crippen molar-refractivity contribution in [2.75, 3.05) is 7.11 Å². The third-order valence-electron chi connectivity index (χ3n) is 5.31. The van der Waals surface area contributed by atoms with Crippen LogP contribution >= 0.6 is 0 Å². The van der Waals surface area contributed by atoms with Gasteiger partial charge in [0, 0.05) is 37.8 Å². The van der Waals surface area contributed by atoms with Gasteiger partial charge in [-0.05, 0) is 36.2 Å². The molecule has 0 aliphatic carbocycles. The summed E-state index contributed by atoms with van der Waals surface area (Å²) in [6.07, 6.45) is 3.89. The van der Waals surface area contributed by atoms with Crippen molar-refractivity contribution < 1.29 is 18.4 Å². The van der Waals surface area contributed by atoms with Crippen LogP contribution in [0.25, 0.3) is 11.4 Å². The van der Waals surface area contributed by atoms with Crippen LogP contribution in [0.4, 0.5) is 4.39 Å². The van der Waals surface area contributed by atoms with Crippen molar-refractivity contribution in [3.05, 3.63) is 83.5 Å². The second-order valence-electron chi connectivity index (χ2n) is 7.65. The second kappa shape index (κ2) is 9.64. The summed E-state index contributed by atoms with van der Waals surface area (Å²) in [6.45, 7) is 1.68. The Bertz CT molecular complexity index is 1270. The first-order chi connectivity index (χ1) is 15.9. The average molecular weight is 449 g/mol. The molecule has 0 bridgehead atoms. The molecule has 2 aromatic carbocycles. The van der Waals surface area contributed by atoms with Crippen LogP contribution in [0.1, 0.15) is 35.3 Å². The molecule has 0 radical (unpaired) electrons. The number of carbonyl (C=O) groups excluding carboxylic acids is 1. The van der Waals surface area contributed by atoms with Crippen LogP contribution in [-0.2, 0) is 18.3 Å². The molecule has 0 aliphatic heterocycles. The summed E-state index contributed by atoms with van der Waals surface area (Å²) in [5, 5.41) is 6.94. The molecule has 9 heteroatoms. The largest absolute Gasteiger partial charge is 0.497 e. The van der Waals surface area contributed by atoms with E-state index in [1.54, 1.807) is 32.4 Å². The van der Waals surface area contributed by atoms with Crippen LogP contribution in [0.2, 0.25) is 0 Å². The summed E-state index contributed by atoms with van der Waals surface area (Å²) >= 11 is 0. The Labute approximate surface area is 190 Å². The normalized spacial score (nSPS) is 11.9. The smallest absolute Gasteiger partial charge is 0.227 e. The van der Waals surface area contributed by atoms with E-state index in [1.807, 2.05) is 42.1 Å². The van der Waals surface area contributed by atoms with Gasteiger partial charge in [-0.25, -0.2) is 9.37 Å². The molecule has 0 spiro atoms. The third kappa shape index (κ3) is 5.08. The quantitative estimate of drug-likeness (QED) is 0.440. The molecule has 4 rings (SSSR count). The molecule has 2 aromatic heterocycles. The summed E-state index contributed by atoms with van der Waals surface area (Å²) in [7, 11) is 3.46. The van der Waals surface area contributed by atoms with E-state index in [-0.39, 0.29) is 30.4 Å². The van der Waals surface area contributed by atoms with E-state index in [0.29, 0.717) is 28.6 Å². The van der Waals surface area contributed by atoms with Gasteiger partial charge in [0.1, 0.15) is 23.4 Å². The zero-order valence-corrected chi connectivity index (χ0v) is 18.6. The average Bonchev–Trinajstić information content (AvgIpc) is 3.47. The minimum Gasteiger partial charge on any atom is -0.497 e. The summed E-state index contributed by atoms with van der Waals surface area (Å²) in [5.74, 6) is 1.43. The van der Waals surface area contributed by atoms with E-state index in [2.05, 4.69) is 20.4 Å². The highest BCUT2D eigenvalue weighted by Gasteiger charge is 2.22. The molecule has 170 valence electrons. The Morgan fingerprint density at radius 2 is 2.12 bits per heavy atom. The number of hydrogen-bond donors (Lipinski definition) is 1. The van der Waals surface area contributed by atoms with Crippen molar-refractivity contribution in [3.8, 4) is 17.1 Å². The molecule has 1 unspecified atom stereocenters. The molecule has 2 heterocycles. The van der Waals surface area contributed by atoms with Crippen LogP contribution in [0, 0.1) is 12.7 Å². The molecule has 0 aliphatic rings. The minimum absolute atomic E-state index is 0.134. The number of rotatable bonds is 8. The second-order valence-corrected chi connectivity index (χ2v) is 7.65. The Hall–Kier alpha value is -4.01. The number of aryl methyl sites for hydroxylation is 3. The zero-order chi connectivity index (χ0) is 23.4. The number of halogens is 1. The van der Waals surface area contributed by atoms with Gasteiger partial charge in [-0.15, -0.1) is 0 Å². The van der Waals surface area contributed by atoms with Gasteiger partial charge in [0.05, 0.1) is 7.11 Å². The summed E-state index contributed by atoms with van der Waals surface area (Å²) in [5.41, 5.74) is 1.90. The number of imidazole rings is 1. The maximum absolute atomic E-state index is 13.8. The molecule has 33 heavy (non-hydrogen) atoms. The van der Waals surface area contributed by atoms with Crippen molar-refractivity contribution in [3.63, 3.8) is 0 Å². The highest BCUT2D eigenvalue weighted by molar-refractivity contribution is 5.77. The maximum Gasteiger partial charge on any atom is 0.227 e. The van der Waals surface area contributed by atoms with Gasteiger partial charge in [0.15, 0.2) is 0 Å². The van der Waals surface area contributed by atoms with Crippen molar-refractivity contribution in [2.24, 2.45) is 7.05 Å². The minimum atomic E-state index is -0.457. The van der Waals surface area contributed by atoms with Gasteiger partial charge in [0.25, 0.3) is 0 Å². The summed E-state index contributed by atoms with van der Waals surface area (Å²) in [6, 6.07) is 11.8. The third-order valence-corrected chi connectivity index (χ3v) is 5.31. The molecule has 1 atom stereocenters. The van der Waals surface area contributed by atoms with Crippen LogP contribution in [-0.4, -0.2) is 32.7 Å². The maximum atomic E-state index is 13.8. The molecule has 4 aromatic rings. The zero-order valence-electron chi connectivity index (χ0n) is 18.6. The molecule has 0 saturated heterocycles. The van der Waals surface area contributed by atoms with Gasteiger partial charge >= 0.3 is 0 Å². The SMILES string of the molecule is COc1cccc(C(NC(=O)CCc2nc(-c3ccc(C)c(F)c3)no2)c2nccn2C)c1. The van der Waals surface area contributed by atoms with Crippen LogP contribution in [0.3, 0.4) is 0 Å². The number of amides is 1. The predicted molar refractivity (Wildman–Crippen MR) is 119 cm³/mol. The Balaban J connectivity index is 1.45. The molecule has 1 amide bonds. The topological polar surface area (TPSA) is 95.1 Å². The molecule has 0 saturated carbocycles. The highest BCUT2D eigenvalue weighted by atomic mass is 19.1. The number of methoxy groups -OCH3 is 1. The molecular formula is C24H24FN5O3. The van der Waals surface area contributed by atoms with Gasteiger partial charge < -0.3 is 19.1 Å². The van der Waals surface area contributed by atoms with Crippen molar-refractivity contribution >= 4 is 5.91 Å². The lowest BCUT2D eigenvalue weighted by Crippen LogP contribution is -2.31. The monoisotopic (exact) mass is 449 g/mol. The van der Waals surface area contributed by atoms with Gasteiger partial charge in [-0.1, -0.05) is 29.4 Å². The lowest BCUT2D eigenvalue weighted by atomic mass is 10.1. The van der Waals surface area contributed by atoms with E-state index in [0.717, 1.165) is 5.56 Å². The lowest BCUT2D eigenvalue weighted by Gasteiger charge is -2.19. The van der Waals surface area contributed by atoms with Gasteiger partial charge in [-0.2, -0.15) is 4.98 Å². The van der Waals surface area contributed by atoms with Crippen molar-refractivity contribution in [2.45, 2.75) is 25.8 Å². The predicted octanol–water partition coefficient (Wildman–Crippen LogP) is 3.76. The molecule has 0 fully saturated rings. The van der Waals surface area contributed by atoms with Crippen molar-refractivity contribution in [1.29, 1.82) is 0 Å². The number of nitrogens with one attached hydrogen (secondary N) is 1. The first kappa shape index (κ1) is 22.2. The number of ether oxygens (including phenoxy) is 1. The van der Waals surface area contributed by atoms with Crippen LogP contribution in [0.15, 0.2) is 59.4 Å². The lowest BCUT2D eigenvalue weighted by molar-refractivity contribution is -0.121. The van der Waals surface area contributed by atoms with Crippen molar-refractivity contribution in [1.82, 2.24) is 25.0 Å². The molecule has 8 nitrogen and oxygen atoms in total. The Kier molecular flexibility index (Phi) is 6.48. The van der Waals surface area contributed by atoms with E-state index in [4.69, 9.17) is 9.26 Å². The summed E-state index contributed by atoms with van der Waals surface area (Å²) < 4.78 is 26.3. The van der Waals surface area contributed by atoms with E-state index in [1.165, 1.54) is 6.07 Å². The fraction of sp³-hybridized carbons (Fsp3) is 0.250. The van der Waals surface area contributed by atoms with Gasteiger partial charge in [-0.3, -0.25) is 4.79 Å². The Morgan fingerprint density at radius 1 is 1.27 bits per heavy atom. The number of hydrogen-bond acceptors (Lipinski definition) is 6. The molecular weight excluding hydrogens is 425 g/mol. The Morgan fingerprint density at radius 3 is 2.85 bits per heavy atom.